The molecule has 0 aliphatic heterocycles. The van der Waals surface area contributed by atoms with Crippen molar-refractivity contribution in [3.05, 3.63) is 163 Å². The molecule has 2 N–H and O–H groups in total. The van der Waals surface area contributed by atoms with Crippen molar-refractivity contribution in [3.63, 3.8) is 0 Å². The highest BCUT2D eigenvalue weighted by molar-refractivity contribution is 7.25. The molecule has 0 spiro atoms. The van der Waals surface area contributed by atoms with Crippen molar-refractivity contribution in [1.82, 2.24) is 0 Å². The monoisotopic (exact) mass is 646 g/mol. The van der Waals surface area contributed by atoms with Crippen LogP contribution in [-0.4, -0.2) is 10.00 Å². The van der Waals surface area contributed by atoms with Gasteiger partial charge in [0.25, 0.3) is 0 Å². The third-order valence-electron chi connectivity index (χ3n) is 5.54. The molecule has 0 fully saturated rings. The fourth-order valence-corrected chi connectivity index (χ4v) is 3.70. The van der Waals surface area contributed by atoms with Crippen LogP contribution in [0.15, 0.2) is 152 Å². The van der Waals surface area contributed by atoms with Crippen LogP contribution >= 0.6 is 18.5 Å². The number of benzene rings is 5. The van der Waals surface area contributed by atoms with E-state index in [0.29, 0.717) is 11.5 Å². The molecule has 0 amide bonds. The minimum absolute atomic E-state index is 0.104. The first-order valence-corrected chi connectivity index (χ1v) is 16.5. The fraction of sp³-hybridized carbons (Fsp3) is 0.231. The van der Waals surface area contributed by atoms with Gasteiger partial charge in [-0.15, -0.1) is 0 Å². The molecule has 4 nitrogen and oxygen atoms in total. The third-order valence-corrected chi connectivity index (χ3v) is 6.14. The molecule has 2 atom stereocenters. The summed E-state index contributed by atoms with van der Waals surface area (Å²) in [4.78, 5) is 8.33. The second-order valence-corrected chi connectivity index (χ2v) is 10.7. The normalized spacial score (nSPS) is 9.51. The number of phenolic OH excluding ortho intramolecular Hbond substituents is 1. The molecular weight excluding hydrogens is 594 g/mol. The lowest BCUT2D eigenvalue weighted by Gasteiger charge is -2.26. The van der Waals surface area contributed by atoms with Crippen LogP contribution in [0.1, 0.15) is 65.5 Å². The van der Waals surface area contributed by atoms with E-state index in [1.54, 1.807) is 24.3 Å². The van der Waals surface area contributed by atoms with Crippen LogP contribution in [0.5, 0.6) is 17.2 Å². The second kappa shape index (κ2) is 27.8. The van der Waals surface area contributed by atoms with Crippen molar-refractivity contribution < 1.29 is 19.0 Å². The van der Waals surface area contributed by atoms with Crippen molar-refractivity contribution >= 4 is 18.5 Å². The Labute approximate surface area is 276 Å². The number of para-hydroxylation sites is 1. The highest BCUT2D eigenvalue weighted by Gasteiger charge is 2.22. The van der Waals surface area contributed by atoms with Gasteiger partial charge in [0.15, 0.2) is 0 Å². The molecule has 242 valence electrons. The number of rotatable bonds is 5. The lowest BCUT2D eigenvalue weighted by molar-refractivity contribution is 0.474. The van der Waals surface area contributed by atoms with E-state index in [4.69, 9.17) is 13.9 Å². The molecule has 0 bridgehead atoms. The first-order valence-electron chi connectivity index (χ1n) is 15.2. The first kappa shape index (κ1) is 41.3. The van der Waals surface area contributed by atoms with Gasteiger partial charge in [0.05, 0.1) is 9.47 Å². The summed E-state index contributed by atoms with van der Waals surface area (Å²) in [6.45, 7) is 12.8. The average Bonchev–Trinajstić information content (AvgIpc) is 3.09. The highest BCUT2D eigenvalue weighted by atomic mass is 31.1. The Balaban J connectivity index is 0.000000597. The molecule has 0 aliphatic carbocycles. The van der Waals surface area contributed by atoms with Gasteiger partial charge in [-0.2, -0.15) is 0 Å². The minimum atomic E-state index is -0.465. The summed E-state index contributed by atoms with van der Waals surface area (Å²) in [5.74, 6) is 1.82. The predicted octanol–water partition coefficient (Wildman–Crippen LogP) is 11.7. The maximum Gasteiger partial charge on any atom is 0.212 e. The third kappa shape index (κ3) is 20.8. The Morgan fingerprint density at radius 1 is 0.533 bits per heavy atom. The van der Waals surface area contributed by atoms with Crippen LogP contribution in [0.4, 0.5) is 0 Å². The van der Waals surface area contributed by atoms with Gasteiger partial charge in [0.2, 0.25) is 9.03 Å². The summed E-state index contributed by atoms with van der Waals surface area (Å²) in [6, 6.07) is 48.6. The van der Waals surface area contributed by atoms with Gasteiger partial charge in [0.1, 0.15) is 17.2 Å². The van der Waals surface area contributed by atoms with Crippen LogP contribution in [-0.2, 0) is 5.41 Å². The average molecular weight is 647 g/mol. The highest BCUT2D eigenvalue weighted by Crippen LogP contribution is 2.33. The van der Waals surface area contributed by atoms with E-state index in [1.807, 2.05) is 115 Å². The van der Waals surface area contributed by atoms with E-state index in [0.717, 1.165) is 5.75 Å². The van der Waals surface area contributed by atoms with Crippen LogP contribution < -0.4 is 9.05 Å². The van der Waals surface area contributed by atoms with Crippen LogP contribution in [0.3, 0.4) is 0 Å². The van der Waals surface area contributed by atoms with Gasteiger partial charge in [-0.25, -0.2) is 0 Å². The zero-order valence-electron chi connectivity index (χ0n) is 27.6. The molecule has 45 heavy (non-hydrogen) atoms. The maximum atomic E-state index is 9.34. The van der Waals surface area contributed by atoms with E-state index in [9.17, 15) is 5.11 Å². The molecule has 5 rings (SSSR count). The first-order chi connectivity index (χ1) is 21.8. The molecule has 0 heterocycles. The summed E-state index contributed by atoms with van der Waals surface area (Å²) in [5.41, 5.74) is 2.27. The maximum absolute atomic E-state index is 9.34. The van der Waals surface area contributed by atoms with Crippen molar-refractivity contribution in [2.45, 2.75) is 59.8 Å². The molecule has 2 unspecified atom stereocenters. The van der Waals surface area contributed by atoms with E-state index in [2.05, 4.69) is 63.1 Å². The zero-order chi connectivity index (χ0) is 33.6. The van der Waals surface area contributed by atoms with Crippen molar-refractivity contribution in [2.24, 2.45) is 0 Å². The molecule has 0 radical (unpaired) electrons. The van der Waals surface area contributed by atoms with Crippen LogP contribution in [0.2, 0.25) is 0 Å². The quantitative estimate of drug-likeness (QED) is 0.187. The summed E-state index contributed by atoms with van der Waals surface area (Å²) >= 11 is 0. The zero-order valence-corrected chi connectivity index (χ0v) is 29.8. The van der Waals surface area contributed by atoms with Crippen molar-refractivity contribution in [1.29, 1.82) is 0 Å². The predicted molar refractivity (Wildman–Crippen MR) is 199 cm³/mol. The smallest absolute Gasteiger partial charge is 0.212 e. The fourth-order valence-electron chi connectivity index (χ4n) is 3.31. The minimum Gasteiger partial charge on any atom is -0.508 e. The molecule has 0 aromatic heterocycles. The van der Waals surface area contributed by atoms with E-state index >= 15 is 0 Å². The summed E-state index contributed by atoms with van der Waals surface area (Å²) < 4.78 is 9.88. The summed E-state index contributed by atoms with van der Waals surface area (Å²) in [6.07, 6.45) is 2.50. The number of hydrogen-bond acceptors (Lipinski definition) is 4. The van der Waals surface area contributed by atoms with Gasteiger partial charge in [0, 0.05) is 5.41 Å². The molecule has 0 aliphatic rings. The van der Waals surface area contributed by atoms with E-state index in [1.165, 1.54) is 24.0 Å². The molecule has 0 saturated heterocycles. The Bertz CT molecular complexity index is 1200. The lowest BCUT2D eigenvalue weighted by Crippen LogP contribution is -2.18. The Morgan fingerprint density at radius 3 is 1.16 bits per heavy atom. The Kier molecular flexibility index (Phi) is 25.6. The van der Waals surface area contributed by atoms with E-state index < -0.39 is 9.03 Å². The second-order valence-electron chi connectivity index (χ2n) is 10.0. The van der Waals surface area contributed by atoms with Crippen molar-refractivity contribution in [2.75, 3.05) is 0 Å². The van der Waals surface area contributed by atoms with E-state index in [-0.39, 0.29) is 5.41 Å². The Hall–Kier alpha value is -3.68. The van der Waals surface area contributed by atoms with Crippen LogP contribution in [0.25, 0.3) is 0 Å². The summed E-state index contributed by atoms with van der Waals surface area (Å²) in [7, 11) is 1.78. The topological polar surface area (TPSA) is 58.9 Å². The number of phenols is 1. The lowest BCUT2D eigenvalue weighted by atomic mass is 9.78. The SMILES string of the molecule is CC(C)(c1ccc(O)cc1)c1ccc(OP)cc1.CCC.CCC.OPOc1ccccc1.c1ccccc1.c1ccccc1. The number of aromatic hydroxyl groups is 1. The largest absolute Gasteiger partial charge is 0.508 e. The molecular formula is C39H52O4P2. The molecule has 5 aromatic carbocycles. The van der Waals surface area contributed by atoms with Gasteiger partial charge < -0.3 is 19.0 Å². The van der Waals surface area contributed by atoms with Gasteiger partial charge in [-0.1, -0.05) is 170 Å². The van der Waals surface area contributed by atoms with Gasteiger partial charge in [-0.05, 0) is 47.5 Å². The standard InChI is InChI=1S/C15H17O2P.C6H7O2P.2C6H6.2C3H8/c1-15(2,11-3-7-13(16)8-4-11)12-5-9-14(17-18)10-6-12;7-9-8-6-4-2-1-3-5-6;2*1-2-4-6-5-3-1;2*1-3-2/h3-10,16H,18H2,1-2H3;1-5,7,9H;2*1-6H;2*3H2,1-2H3. The Morgan fingerprint density at radius 2 is 0.844 bits per heavy atom. The van der Waals surface area contributed by atoms with Crippen molar-refractivity contribution in [3.8, 4) is 17.2 Å². The van der Waals surface area contributed by atoms with Gasteiger partial charge in [-0.3, -0.25) is 0 Å². The molecule has 5 aromatic rings. The van der Waals surface area contributed by atoms with Crippen LogP contribution in [0, 0.1) is 0 Å². The number of hydrogen-bond donors (Lipinski definition) is 2. The molecule has 0 saturated carbocycles. The molecule has 6 heteroatoms. The van der Waals surface area contributed by atoms with Gasteiger partial charge >= 0.3 is 0 Å². The summed E-state index contributed by atoms with van der Waals surface area (Å²) in [5, 5.41) is 9.34.